The van der Waals surface area contributed by atoms with Gasteiger partial charge in [-0.15, -0.1) is 0 Å². The van der Waals surface area contributed by atoms with Crippen LogP contribution in [0.2, 0.25) is 0 Å². The van der Waals surface area contributed by atoms with E-state index in [0.717, 1.165) is 32.1 Å². The molecule has 2 heterocycles. The molecule has 0 unspecified atom stereocenters. The van der Waals surface area contributed by atoms with Gasteiger partial charge >= 0.3 is 5.97 Å². The second-order valence-electron chi connectivity index (χ2n) is 13.2. The molecule has 2 aromatic rings. The molecule has 4 saturated carbocycles. The van der Waals surface area contributed by atoms with Crippen molar-refractivity contribution < 1.29 is 36.5 Å². The molecule has 6 rings (SSSR count). The highest BCUT2D eigenvalue weighted by Gasteiger charge is 2.64. The first kappa shape index (κ1) is 30.8. The van der Waals surface area contributed by atoms with Crippen LogP contribution in [-0.4, -0.2) is 41.9 Å². The summed E-state index contributed by atoms with van der Waals surface area (Å²) in [5.74, 6) is 0.654. The monoisotopic (exact) mass is 598 g/mol. The summed E-state index contributed by atoms with van der Waals surface area (Å²) in [4.78, 5) is 32.7. The van der Waals surface area contributed by atoms with Gasteiger partial charge in [0.05, 0.1) is 11.7 Å². The van der Waals surface area contributed by atoms with E-state index in [-0.39, 0.29) is 52.3 Å². The van der Waals surface area contributed by atoms with E-state index in [1.165, 1.54) is 6.20 Å². The fourth-order valence-corrected chi connectivity index (χ4v) is 9.74. The van der Waals surface area contributed by atoms with Crippen molar-refractivity contribution in [2.45, 2.75) is 84.3 Å². The number of carbonyl (C=O) groups is 2. The normalized spacial score (nSPS) is 37.2. The first-order valence-corrected chi connectivity index (χ1v) is 16.4. The summed E-state index contributed by atoms with van der Waals surface area (Å²) in [5, 5.41) is 0. The van der Waals surface area contributed by atoms with Crippen molar-refractivity contribution in [2.24, 2.45) is 40.4 Å². The maximum atomic E-state index is 13.2. The van der Waals surface area contributed by atoms with Crippen LogP contribution in [0.1, 0.15) is 82.5 Å². The van der Waals surface area contributed by atoms with E-state index in [1.807, 2.05) is 30.6 Å². The van der Waals surface area contributed by atoms with Crippen molar-refractivity contribution >= 4 is 22.2 Å². The third-order valence-corrected chi connectivity index (χ3v) is 11.6. The van der Waals surface area contributed by atoms with E-state index in [1.54, 1.807) is 25.3 Å². The highest BCUT2D eigenvalue weighted by Crippen LogP contribution is 2.68. The number of rotatable bonds is 5. The summed E-state index contributed by atoms with van der Waals surface area (Å²) in [6.45, 7) is 6.25. The Morgan fingerprint density at radius 3 is 2.29 bits per heavy atom. The minimum Gasteiger partial charge on any atom is -0.726 e. The average Bonchev–Trinajstić information content (AvgIpc) is 3.32. The van der Waals surface area contributed by atoms with Gasteiger partial charge in [0.1, 0.15) is 11.9 Å². The molecule has 9 atom stereocenters. The van der Waals surface area contributed by atoms with Crippen LogP contribution in [0, 0.1) is 40.4 Å². The van der Waals surface area contributed by atoms with Gasteiger partial charge in [-0.3, -0.25) is 14.0 Å². The minimum absolute atomic E-state index is 0.0371. The van der Waals surface area contributed by atoms with Crippen LogP contribution in [0.4, 0.5) is 0 Å². The zero-order valence-electron chi connectivity index (χ0n) is 24.6. The van der Waals surface area contributed by atoms with Crippen molar-refractivity contribution in [3.05, 3.63) is 60.7 Å². The molecular weight excluding hydrogens is 556 g/mol. The van der Waals surface area contributed by atoms with Crippen molar-refractivity contribution in [1.82, 2.24) is 4.98 Å². The number of fused-ring (bicyclic) bond motifs is 5. The van der Waals surface area contributed by atoms with Crippen LogP contribution in [0.3, 0.4) is 0 Å². The predicted octanol–water partition coefficient (Wildman–Crippen LogP) is 4.81. The van der Waals surface area contributed by atoms with Gasteiger partial charge < -0.3 is 9.29 Å². The number of pyridine rings is 2. The zero-order valence-corrected chi connectivity index (χ0v) is 25.4. The summed E-state index contributed by atoms with van der Waals surface area (Å²) < 4.78 is 45.0. The number of Topliss-reactive ketones (excluding diaryl/α,β-unsaturated/α-hetero) is 1. The molecule has 0 aliphatic heterocycles. The molecule has 0 saturated heterocycles. The molecule has 4 fully saturated rings. The molecule has 42 heavy (non-hydrogen) atoms. The molecule has 0 radical (unpaired) electrons. The molecule has 2 aromatic heterocycles. The van der Waals surface area contributed by atoms with Gasteiger partial charge in [-0.05, 0) is 99.0 Å². The molecular formula is C32H42N2O7S. The topological polar surface area (TPSA) is 137 Å². The smallest absolute Gasteiger partial charge is 0.339 e. The molecule has 0 spiro atoms. The quantitative estimate of drug-likeness (QED) is 0.272. The van der Waals surface area contributed by atoms with Gasteiger partial charge in [-0.1, -0.05) is 19.9 Å². The molecule has 0 amide bonds. The third-order valence-electron chi connectivity index (χ3n) is 11.1. The van der Waals surface area contributed by atoms with E-state index in [0.29, 0.717) is 24.8 Å². The minimum atomic E-state index is -4.78. The number of nitrogens with one attached hydrogen (secondary N) is 1. The van der Waals surface area contributed by atoms with E-state index in [2.05, 4.69) is 23.8 Å². The Labute approximate surface area is 248 Å². The lowest BCUT2D eigenvalue weighted by molar-refractivity contribution is -0.377. The SMILES string of the molecule is CC(=O)[C@H]1CC[C@H]2[C@@H]3[C@H](OC(=O)c4cccnc4)C[C@@H]4C[C@H](OS(=O)(=O)[O-])CC[C@]4(C)[C@H]3CC[C@]12C.c1cc[nH+]cc1. The number of nitrogens with zero attached hydrogens (tertiary/aromatic N) is 1. The Bertz CT molecular complexity index is 1330. The first-order valence-electron chi connectivity index (χ1n) is 15.1. The Morgan fingerprint density at radius 2 is 1.69 bits per heavy atom. The van der Waals surface area contributed by atoms with Gasteiger partial charge in [0.15, 0.2) is 12.4 Å². The fraction of sp³-hybridized carbons (Fsp3) is 0.625. The van der Waals surface area contributed by atoms with Gasteiger partial charge in [-0.25, -0.2) is 18.2 Å². The number of esters is 1. The highest BCUT2D eigenvalue weighted by molar-refractivity contribution is 7.80. The van der Waals surface area contributed by atoms with Crippen molar-refractivity contribution in [1.29, 1.82) is 0 Å². The van der Waals surface area contributed by atoms with Gasteiger partial charge in [0, 0.05) is 36.4 Å². The molecule has 1 N–H and O–H groups in total. The highest BCUT2D eigenvalue weighted by atomic mass is 32.3. The van der Waals surface area contributed by atoms with Crippen molar-refractivity contribution in [3.63, 3.8) is 0 Å². The number of H-pyrrole nitrogens is 1. The molecule has 228 valence electrons. The number of ketones is 1. The standard InChI is InChI=1S/C27H37NO7S.C5H5N/c1-16(29)20-6-7-21-24-22(9-11-27(20,21)3)26(2)10-8-19(35-36(31,32)33)13-18(26)14-23(24)34-25(30)17-5-4-12-28-15-17;1-2-4-6-5-3-1/h4-5,12,15,18-24H,6-11,13-14H2,1-3H3,(H,31,32,33);1-5H/t18-,19+,20+,21-,22-,23+,24-,26-,27+;/m0./s1. The molecule has 4 aliphatic rings. The Morgan fingerprint density at radius 1 is 0.976 bits per heavy atom. The van der Waals surface area contributed by atoms with Gasteiger partial charge in [-0.2, -0.15) is 0 Å². The van der Waals surface area contributed by atoms with Crippen molar-refractivity contribution in [3.8, 4) is 0 Å². The second-order valence-corrected chi connectivity index (χ2v) is 14.2. The van der Waals surface area contributed by atoms with E-state index >= 15 is 0 Å². The van der Waals surface area contributed by atoms with Crippen LogP contribution in [-0.2, 0) is 24.1 Å². The van der Waals surface area contributed by atoms with Crippen LogP contribution < -0.4 is 4.98 Å². The van der Waals surface area contributed by atoms with Crippen LogP contribution >= 0.6 is 0 Å². The van der Waals surface area contributed by atoms with E-state index in [4.69, 9.17) is 8.92 Å². The fourth-order valence-electron chi connectivity index (χ4n) is 9.23. The summed E-state index contributed by atoms with van der Waals surface area (Å²) in [5.41, 5.74) is 0.229. The van der Waals surface area contributed by atoms with E-state index in [9.17, 15) is 22.6 Å². The molecule has 0 aromatic carbocycles. The van der Waals surface area contributed by atoms with Crippen molar-refractivity contribution in [2.75, 3.05) is 0 Å². The lowest BCUT2D eigenvalue weighted by atomic mass is 9.44. The van der Waals surface area contributed by atoms with Gasteiger partial charge in [0.25, 0.3) is 0 Å². The van der Waals surface area contributed by atoms with E-state index < -0.39 is 22.5 Å². The number of aromatic nitrogens is 2. The van der Waals surface area contributed by atoms with Crippen LogP contribution in [0.25, 0.3) is 0 Å². The Balaban J connectivity index is 0.000000524. The summed E-state index contributed by atoms with van der Waals surface area (Å²) in [6.07, 6.45) is 11.9. The first-order chi connectivity index (χ1) is 19.9. The summed E-state index contributed by atoms with van der Waals surface area (Å²) in [6, 6.07) is 9.25. The molecule has 4 aliphatic carbocycles. The summed E-state index contributed by atoms with van der Waals surface area (Å²) >= 11 is 0. The predicted molar refractivity (Wildman–Crippen MR) is 152 cm³/mol. The maximum Gasteiger partial charge on any atom is 0.339 e. The third kappa shape index (κ3) is 6.17. The largest absolute Gasteiger partial charge is 0.726 e. The lowest BCUT2D eigenvalue weighted by Gasteiger charge is -2.62. The van der Waals surface area contributed by atoms with Gasteiger partial charge in [0.2, 0.25) is 10.4 Å². The average molecular weight is 599 g/mol. The van der Waals surface area contributed by atoms with Crippen LogP contribution in [0.5, 0.6) is 0 Å². The maximum absolute atomic E-state index is 13.2. The second kappa shape index (κ2) is 12.1. The molecule has 10 heteroatoms. The Kier molecular flexibility index (Phi) is 8.88. The zero-order chi connectivity index (χ0) is 30.1. The number of ether oxygens (including phenoxy) is 1. The molecule has 0 bridgehead atoms. The lowest BCUT2D eigenvalue weighted by Crippen LogP contribution is -2.59. The van der Waals surface area contributed by atoms with Crippen LogP contribution in [0.15, 0.2) is 55.1 Å². The number of hydrogen-bond acceptors (Lipinski definition) is 8. The molecule has 9 nitrogen and oxygen atoms in total. The number of aromatic amines is 1. The number of carbonyl (C=O) groups excluding carboxylic acids is 2. The number of hydrogen-bond donors (Lipinski definition) is 0. The Hall–Kier alpha value is -2.69. The summed E-state index contributed by atoms with van der Waals surface area (Å²) in [7, 11) is -4.78.